The average Bonchev–Trinajstić information content (AvgIpc) is 3.29. The summed E-state index contributed by atoms with van der Waals surface area (Å²) < 4.78 is 7.58. The topological polar surface area (TPSA) is 85.8 Å². The largest absolute Gasteiger partial charge is 0.464 e. The quantitative estimate of drug-likeness (QED) is 0.554. The summed E-state index contributed by atoms with van der Waals surface area (Å²) in [4.78, 5) is 12.7. The van der Waals surface area contributed by atoms with E-state index in [-0.39, 0.29) is 12.3 Å². The molecule has 4 aromatic rings. The minimum absolute atomic E-state index is 0.0927. The number of anilines is 1. The van der Waals surface area contributed by atoms with E-state index in [1.54, 1.807) is 6.26 Å². The van der Waals surface area contributed by atoms with E-state index in [1.165, 1.54) is 5.56 Å². The molecule has 0 bridgehead atoms. The van der Waals surface area contributed by atoms with E-state index in [2.05, 4.69) is 33.8 Å². The summed E-state index contributed by atoms with van der Waals surface area (Å²) in [6.45, 7) is 4.09. The predicted molar refractivity (Wildman–Crippen MR) is 110 cm³/mol. The lowest BCUT2D eigenvalue weighted by Crippen LogP contribution is -2.14. The molecule has 29 heavy (non-hydrogen) atoms. The summed E-state index contributed by atoms with van der Waals surface area (Å²) in [5.74, 6) is 0.639. The maximum absolute atomic E-state index is 12.7. The Morgan fingerprint density at radius 3 is 2.93 bits per heavy atom. The lowest BCUT2D eigenvalue weighted by Gasteiger charge is -2.08. The third-order valence-electron chi connectivity index (χ3n) is 5.48. The van der Waals surface area contributed by atoms with E-state index in [0.29, 0.717) is 6.04 Å². The number of hydrogen-bond acceptors (Lipinski definition) is 5. The van der Waals surface area contributed by atoms with Crippen LogP contribution in [0.2, 0.25) is 0 Å². The Bertz CT molecular complexity index is 1220. The summed E-state index contributed by atoms with van der Waals surface area (Å²) in [5.41, 5.74) is 5.62. The van der Waals surface area contributed by atoms with Crippen LogP contribution in [0.5, 0.6) is 0 Å². The van der Waals surface area contributed by atoms with Gasteiger partial charge < -0.3 is 9.73 Å². The van der Waals surface area contributed by atoms with Crippen molar-refractivity contribution in [2.24, 2.45) is 0 Å². The third-order valence-corrected chi connectivity index (χ3v) is 5.48. The van der Waals surface area contributed by atoms with Crippen molar-refractivity contribution in [2.75, 3.05) is 5.32 Å². The number of amides is 1. The van der Waals surface area contributed by atoms with Gasteiger partial charge in [-0.1, -0.05) is 24.3 Å². The number of rotatable bonds is 5. The van der Waals surface area contributed by atoms with Crippen LogP contribution in [-0.2, 0) is 11.2 Å². The molecule has 2 heterocycles. The van der Waals surface area contributed by atoms with E-state index < -0.39 is 0 Å². The van der Waals surface area contributed by atoms with Gasteiger partial charge in [-0.3, -0.25) is 4.79 Å². The number of carbonyl (C=O) groups is 1. The van der Waals surface area contributed by atoms with Crippen molar-refractivity contribution in [3.63, 3.8) is 0 Å². The van der Waals surface area contributed by atoms with Crippen molar-refractivity contribution in [1.82, 2.24) is 20.2 Å². The summed E-state index contributed by atoms with van der Waals surface area (Å²) >= 11 is 0. The molecule has 7 nitrogen and oxygen atoms in total. The molecule has 1 amide bonds. The van der Waals surface area contributed by atoms with Gasteiger partial charge in [-0.05, 0) is 60.4 Å². The molecule has 1 fully saturated rings. The monoisotopic (exact) mass is 387 g/mol. The number of furan rings is 1. The molecule has 7 heteroatoms. The third kappa shape index (κ3) is 3.29. The zero-order valence-corrected chi connectivity index (χ0v) is 16.3. The fraction of sp³-hybridized carbons (Fsp3) is 0.273. The highest BCUT2D eigenvalue weighted by Gasteiger charge is 2.28. The van der Waals surface area contributed by atoms with Crippen LogP contribution in [0.25, 0.3) is 22.4 Å². The molecule has 2 aromatic heterocycles. The summed E-state index contributed by atoms with van der Waals surface area (Å²) in [6, 6.07) is 12.1. The number of hydrogen-bond donors (Lipinski definition) is 1. The highest BCUT2D eigenvalue weighted by molar-refractivity contribution is 5.96. The van der Waals surface area contributed by atoms with Crippen molar-refractivity contribution < 1.29 is 9.21 Å². The van der Waals surface area contributed by atoms with Gasteiger partial charge in [-0.15, -0.1) is 5.10 Å². The Hall–Kier alpha value is -3.48. The minimum Gasteiger partial charge on any atom is -0.464 e. The lowest BCUT2D eigenvalue weighted by molar-refractivity contribution is -0.115. The molecule has 1 aliphatic rings. The summed E-state index contributed by atoms with van der Waals surface area (Å²) in [7, 11) is 0. The standard InChI is InChI=1S/C22H21N5O2/c1-13-6-9-19-16(12-29-21(19)14(13)2)11-20(28)23-17-5-3-4-15(10-17)22-24-25-26-27(22)18-7-8-18/h3-6,9-10,12,18H,7-8,11H2,1-2H3,(H,23,28). The van der Waals surface area contributed by atoms with Crippen molar-refractivity contribution in [2.45, 2.75) is 39.2 Å². The number of aromatic nitrogens is 4. The Balaban J connectivity index is 1.35. The molecule has 0 unspecified atom stereocenters. The van der Waals surface area contributed by atoms with Crippen molar-refractivity contribution in [1.29, 1.82) is 0 Å². The first kappa shape index (κ1) is 17.6. The van der Waals surface area contributed by atoms with Crippen LogP contribution < -0.4 is 5.32 Å². The molecule has 1 saturated carbocycles. The fourth-order valence-corrected chi connectivity index (χ4v) is 3.59. The maximum Gasteiger partial charge on any atom is 0.228 e. The van der Waals surface area contributed by atoms with Crippen LogP contribution in [0.15, 0.2) is 47.1 Å². The van der Waals surface area contributed by atoms with Gasteiger partial charge in [0.05, 0.1) is 18.7 Å². The molecule has 0 atom stereocenters. The van der Waals surface area contributed by atoms with Gasteiger partial charge >= 0.3 is 0 Å². The van der Waals surface area contributed by atoms with Crippen molar-refractivity contribution >= 4 is 22.6 Å². The second kappa shape index (κ2) is 6.84. The Morgan fingerprint density at radius 1 is 1.24 bits per heavy atom. The van der Waals surface area contributed by atoms with E-state index in [9.17, 15) is 4.79 Å². The van der Waals surface area contributed by atoms with Gasteiger partial charge in [0, 0.05) is 22.2 Å². The Labute approximate surface area is 167 Å². The molecule has 146 valence electrons. The maximum atomic E-state index is 12.7. The predicted octanol–water partition coefficient (Wildman–Crippen LogP) is 4.22. The Kier molecular flexibility index (Phi) is 4.16. The number of benzene rings is 2. The Morgan fingerprint density at radius 2 is 2.10 bits per heavy atom. The van der Waals surface area contributed by atoms with Gasteiger partial charge in [-0.25, -0.2) is 4.68 Å². The molecular weight excluding hydrogens is 366 g/mol. The van der Waals surface area contributed by atoms with Gasteiger partial charge in [0.1, 0.15) is 5.58 Å². The van der Waals surface area contributed by atoms with Gasteiger partial charge in [-0.2, -0.15) is 0 Å². The number of nitrogens with zero attached hydrogens (tertiary/aromatic N) is 4. The first-order valence-electron chi connectivity index (χ1n) is 9.74. The zero-order valence-electron chi connectivity index (χ0n) is 16.3. The molecule has 5 rings (SSSR count). The van der Waals surface area contributed by atoms with Gasteiger partial charge in [0.15, 0.2) is 5.82 Å². The molecule has 0 spiro atoms. The van der Waals surface area contributed by atoms with E-state index in [1.807, 2.05) is 41.9 Å². The normalized spacial score (nSPS) is 13.7. The molecule has 0 aliphatic heterocycles. The fourth-order valence-electron chi connectivity index (χ4n) is 3.59. The van der Waals surface area contributed by atoms with E-state index in [4.69, 9.17) is 4.42 Å². The van der Waals surface area contributed by atoms with Crippen LogP contribution in [-0.4, -0.2) is 26.1 Å². The van der Waals surface area contributed by atoms with Crippen LogP contribution in [0.1, 0.15) is 35.6 Å². The van der Waals surface area contributed by atoms with E-state index in [0.717, 1.165) is 52.0 Å². The number of tetrazole rings is 1. The smallest absolute Gasteiger partial charge is 0.228 e. The first-order chi connectivity index (χ1) is 14.1. The molecule has 2 aromatic carbocycles. The van der Waals surface area contributed by atoms with Crippen LogP contribution >= 0.6 is 0 Å². The van der Waals surface area contributed by atoms with Crippen molar-refractivity contribution in [3.05, 3.63) is 59.4 Å². The number of fused-ring (bicyclic) bond motifs is 1. The summed E-state index contributed by atoms with van der Waals surface area (Å²) in [5, 5.41) is 16.0. The molecule has 1 aliphatic carbocycles. The minimum atomic E-state index is -0.0927. The lowest BCUT2D eigenvalue weighted by atomic mass is 10.0. The molecule has 0 saturated heterocycles. The van der Waals surface area contributed by atoms with E-state index >= 15 is 0 Å². The van der Waals surface area contributed by atoms with Crippen LogP contribution in [0.4, 0.5) is 5.69 Å². The zero-order chi connectivity index (χ0) is 20.0. The van der Waals surface area contributed by atoms with Crippen molar-refractivity contribution in [3.8, 4) is 11.4 Å². The number of aryl methyl sites for hydroxylation is 2. The first-order valence-corrected chi connectivity index (χ1v) is 9.74. The molecule has 0 radical (unpaired) electrons. The number of nitrogens with one attached hydrogen (secondary N) is 1. The SMILES string of the molecule is Cc1ccc2c(CC(=O)Nc3cccc(-c4nnnn4C4CC4)c3)coc2c1C. The van der Waals surface area contributed by atoms with Crippen LogP contribution in [0.3, 0.4) is 0 Å². The number of carbonyl (C=O) groups excluding carboxylic acids is 1. The highest BCUT2D eigenvalue weighted by atomic mass is 16.3. The van der Waals surface area contributed by atoms with Gasteiger partial charge in [0.25, 0.3) is 0 Å². The van der Waals surface area contributed by atoms with Gasteiger partial charge in [0.2, 0.25) is 5.91 Å². The second-order valence-corrected chi connectivity index (χ2v) is 7.63. The van der Waals surface area contributed by atoms with Crippen LogP contribution in [0, 0.1) is 13.8 Å². The molecular formula is C22H21N5O2. The second-order valence-electron chi connectivity index (χ2n) is 7.63. The molecule has 1 N–H and O–H groups in total. The summed E-state index contributed by atoms with van der Waals surface area (Å²) in [6.07, 6.45) is 4.13. The highest BCUT2D eigenvalue weighted by Crippen LogP contribution is 2.36. The average molecular weight is 387 g/mol.